The first-order valence-corrected chi connectivity index (χ1v) is 24.3. The quantitative estimate of drug-likeness (QED) is 0.173. The van der Waals surface area contributed by atoms with Gasteiger partial charge in [0, 0.05) is 53.3 Å². The van der Waals surface area contributed by atoms with Crippen molar-refractivity contribution in [1.29, 1.82) is 0 Å². The molecule has 0 radical (unpaired) electrons. The second-order valence-electron chi connectivity index (χ2n) is 18.2. The van der Waals surface area contributed by atoms with E-state index in [1.807, 2.05) is 47.7 Å². The Balaban J connectivity index is 0.892. The van der Waals surface area contributed by atoms with Gasteiger partial charge in [-0.1, -0.05) is 182 Å². The van der Waals surface area contributed by atoms with Crippen molar-refractivity contribution in [1.82, 2.24) is 19.5 Å². The number of benzene rings is 10. The summed E-state index contributed by atoms with van der Waals surface area (Å²) >= 11 is 1.81. The Morgan fingerprint density at radius 3 is 1.51 bits per heavy atom. The van der Waals surface area contributed by atoms with Crippen molar-refractivity contribution in [3.05, 3.63) is 253 Å². The summed E-state index contributed by atoms with van der Waals surface area (Å²) < 4.78 is 4.90. The molecule has 13 aromatic rings. The van der Waals surface area contributed by atoms with Crippen LogP contribution in [0.15, 0.2) is 231 Å². The van der Waals surface area contributed by atoms with Gasteiger partial charge in [0.25, 0.3) is 0 Å². The van der Waals surface area contributed by atoms with Crippen LogP contribution >= 0.6 is 11.3 Å². The predicted molar refractivity (Wildman–Crippen MR) is 285 cm³/mol. The molecular weight excluding hydrogens is 857 g/mol. The first kappa shape index (κ1) is 38.3. The fraction of sp³-hybridized carbons (Fsp3) is 0.0156. The van der Waals surface area contributed by atoms with Crippen molar-refractivity contribution in [3.8, 4) is 73.2 Å². The highest BCUT2D eigenvalue weighted by atomic mass is 32.1. The van der Waals surface area contributed by atoms with Crippen LogP contribution in [0.4, 0.5) is 0 Å². The lowest BCUT2D eigenvalue weighted by Crippen LogP contribution is -2.26. The van der Waals surface area contributed by atoms with Gasteiger partial charge >= 0.3 is 0 Å². The molecule has 320 valence electrons. The third kappa shape index (κ3) is 5.48. The Morgan fingerprint density at radius 1 is 0.319 bits per heavy atom. The first-order chi connectivity index (χ1) is 34.2. The second kappa shape index (κ2) is 14.6. The fourth-order valence-electron chi connectivity index (χ4n) is 11.8. The standard InChI is InChI=1S/C64H38N4S/c1-3-16-39(17-4-1)61-65-62(40-18-5-2-6-19-40)67-63(66-61)49-24-15-29-59-60(49)51-37-42(31-35-58(51)69-59)41-30-34-57-50(36-41)48-23-10-14-28-56(48)68(57)43-32-33-47-46-22-9-13-27-54(46)64(55(47)38-43)52-25-11-7-20-44(52)45-21-8-12-26-53(45)64/h1-38H. The summed E-state index contributed by atoms with van der Waals surface area (Å²) in [6.07, 6.45) is 0. The van der Waals surface area contributed by atoms with E-state index >= 15 is 0 Å². The van der Waals surface area contributed by atoms with E-state index in [9.17, 15) is 0 Å². The number of nitrogens with zero attached hydrogens (tertiary/aromatic N) is 4. The number of fused-ring (bicyclic) bond motifs is 16. The molecule has 2 aliphatic carbocycles. The maximum Gasteiger partial charge on any atom is 0.164 e. The third-order valence-corrected chi connectivity index (χ3v) is 15.8. The van der Waals surface area contributed by atoms with Gasteiger partial charge in [-0.3, -0.25) is 0 Å². The van der Waals surface area contributed by atoms with Crippen molar-refractivity contribution < 1.29 is 0 Å². The molecule has 1 spiro atoms. The monoisotopic (exact) mass is 894 g/mol. The molecule has 3 heterocycles. The lowest BCUT2D eigenvalue weighted by Gasteiger charge is -2.30. The van der Waals surface area contributed by atoms with Gasteiger partial charge in [-0.2, -0.15) is 0 Å². The molecular formula is C64H38N4S. The number of rotatable bonds is 5. The van der Waals surface area contributed by atoms with E-state index in [0.717, 1.165) is 33.3 Å². The van der Waals surface area contributed by atoms with Gasteiger partial charge in [0.2, 0.25) is 0 Å². The molecule has 0 saturated carbocycles. The van der Waals surface area contributed by atoms with E-state index in [1.54, 1.807) is 0 Å². The van der Waals surface area contributed by atoms with Crippen LogP contribution in [0, 0.1) is 0 Å². The lowest BCUT2D eigenvalue weighted by molar-refractivity contribution is 0.792. The summed E-state index contributed by atoms with van der Waals surface area (Å²) in [7, 11) is 0. The van der Waals surface area contributed by atoms with Gasteiger partial charge in [0.15, 0.2) is 17.5 Å². The minimum absolute atomic E-state index is 0.413. The summed E-state index contributed by atoms with van der Waals surface area (Å²) in [6, 6.07) is 84.0. The second-order valence-corrected chi connectivity index (χ2v) is 19.3. The molecule has 4 nitrogen and oxygen atoms in total. The molecule has 69 heavy (non-hydrogen) atoms. The van der Waals surface area contributed by atoms with Crippen LogP contribution in [-0.2, 0) is 5.41 Å². The summed E-state index contributed by atoms with van der Waals surface area (Å²) in [5, 5.41) is 4.80. The summed E-state index contributed by atoms with van der Waals surface area (Å²) in [6.45, 7) is 0. The molecule has 0 amide bonds. The Labute approximate surface area is 402 Å². The van der Waals surface area contributed by atoms with Gasteiger partial charge < -0.3 is 4.57 Å². The highest BCUT2D eigenvalue weighted by Gasteiger charge is 2.51. The molecule has 0 fully saturated rings. The van der Waals surface area contributed by atoms with Crippen molar-refractivity contribution in [2.75, 3.05) is 0 Å². The SMILES string of the molecule is c1ccc(-c2nc(-c3ccccc3)nc(-c3cccc4sc5ccc(-c6ccc7c(c6)c6ccccc6n7-c6ccc7c(c6)C6(c8ccccc8-c8ccccc86)c6ccccc6-7)cc5c34)n2)cc1. The zero-order valence-electron chi connectivity index (χ0n) is 37.1. The van der Waals surface area contributed by atoms with E-state index < -0.39 is 5.41 Å². The molecule has 5 heteroatoms. The highest BCUT2D eigenvalue weighted by molar-refractivity contribution is 7.26. The maximum absolute atomic E-state index is 5.16. The predicted octanol–water partition coefficient (Wildman–Crippen LogP) is 16.3. The molecule has 0 N–H and O–H groups in total. The van der Waals surface area contributed by atoms with Crippen LogP contribution in [0.25, 0.3) is 115 Å². The van der Waals surface area contributed by atoms with Gasteiger partial charge in [0.05, 0.1) is 16.4 Å². The van der Waals surface area contributed by atoms with E-state index in [4.69, 9.17) is 15.0 Å². The zero-order chi connectivity index (χ0) is 45.2. The topological polar surface area (TPSA) is 43.6 Å². The molecule has 0 atom stereocenters. The number of aromatic nitrogens is 4. The molecule has 15 rings (SSSR count). The molecule has 0 bridgehead atoms. The van der Waals surface area contributed by atoms with Crippen molar-refractivity contribution in [2.45, 2.75) is 5.41 Å². The first-order valence-electron chi connectivity index (χ1n) is 23.5. The lowest BCUT2D eigenvalue weighted by atomic mass is 9.70. The third-order valence-electron chi connectivity index (χ3n) is 14.7. The average molecular weight is 895 g/mol. The normalized spacial score (nSPS) is 13.0. The molecule has 10 aromatic carbocycles. The maximum atomic E-state index is 5.16. The Kier molecular flexibility index (Phi) is 8.12. The molecule has 0 aliphatic heterocycles. The Hall–Kier alpha value is -8.77. The van der Waals surface area contributed by atoms with Gasteiger partial charge in [-0.25, -0.2) is 15.0 Å². The number of thiophene rings is 1. The van der Waals surface area contributed by atoms with Gasteiger partial charge in [0.1, 0.15) is 0 Å². The van der Waals surface area contributed by atoms with Crippen molar-refractivity contribution >= 4 is 53.3 Å². The largest absolute Gasteiger partial charge is 0.309 e. The van der Waals surface area contributed by atoms with Crippen molar-refractivity contribution in [3.63, 3.8) is 0 Å². The molecule has 3 aromatic heterocycles. The van der Waals surface area contributed by atoms with Gasteiger partial charge in [-0.05, 0) is 104 Å². The summed E-state index contributed by atoms with van der Waals surface area (Å²) in [4.78, 5) is 15.3. The van der Waals surface area contributed by atoms with E-state index in [-0.39, 0.29) is 0 Å². The number of hydrogen-bond acceptors (Lipinski definition) is 4. The fourth-order valence-corrected chi connectivity index (χ4v) is 12.9. The molecule has 2 aliphatic rings. The number of para-hydroxylation sites is 1. The van der Waals surface area contributed by atoms with Crippen LogP contribution in [0.3, 0.4) is 0 Å². The van der Waals surface area contributed by atoms with Crippen LogP contribution in [0.2, 0.25) is 0 Å². The summed E-state index contributed by atoms with van der Waals surface area (Å²) in [5.74, 6) is 1.97. The van der Waals surface area contributed by atoms with Crippen LogP contribution in [-0.4, -0.2) is 19.5 Å². The average Bonchev–Trinajstić information content (AvgIpc) is 4.14. The minimum Gasteiger partial charge on any atom is -0.309 e. The highest BCUT2D eigenvalue weighted by Crippen LogP contribution is 2.63. The van der Waals surface area contributed by atoms with Gasteiger partial charge in [-0.15, -0.1) is 11.3 Å². The minimum atomic E-state index is -0.413. The van der Waals surface area contributed by atoms with Crippen LogP contribution < -0.4 is 0 Å². The summed E-state index contributed by atoms with van der Waals surface area (Å²) in [5.41, 5.74) is 19.0. The molecule has 0 saturated heterocycles. The van der Waals surface area contributed by atoms with Crippen LogP contribution in [0.5, 0.6) is 0 Å². The zero-order valence-corrected chi connectivity index (χ0v) is 38.0. The van der Waals surface area contributed by atoms with E-state index in [2.05, 4.69) is 199 Å². The van der Waals surface area contributed by atoms with E-state index in [0.29, 0.717) is 17.5 Å². The molecule has 0 unspecified atom stereocenters. The van der Waals surface area contributed by atoms with Crippen LogP contribution in [0.1, 0.15) is 22.3 Å². The smallest absolute Gasteiger partial charge is 0.164 e. The Bertz CT molecular complexity index is 4140. The number of hydrogen-bond donors (Lipinski definition) is 0. The van der Waals surface area contributed by atoms with Crippen molar-refractivity contribution in [2.24, 2.45) is 0 Å². The van der Waals surface area contributed by atoms with E-state index in [1.165, 1.54) is 86.7 Å². The Morgan fingerprint density at radius 2 is 0.841 bits per heavy atom.